The number of methoxy groups -OCH3 is 1. The number of hydrogen-bond acceptors (Lipinski definition) is 6. The van der Waals surface area contributed by atoms with Crippen LogP contribution < -0.4 is 5.32 Å². The highest BCUT2D eigenvalue weighted by atomic mass is 32.1. The van der Waals surface area contributed by atoms with Gasteiger partial charge >= 0.3 is 11.9 Å². The van der Waals surface area contributed by atoms with E-state index in [-0.39, 0.29) is 30.1 Å². The molecule has 1 unspecified atom stereocenters. The Morgan fingerprint density at radius 3 is 2.51 bits per heavy atom. The van der Waals surface area contributed by atoms with Crippen molar-refractivity contribution in [1.29, 1.82) is 0 Å². The Kier molecular flexibility index (Phi) is 9.49. The lowest BCUT2D eigenvalue weighted by Gasteiger charge is -2.33. The van der Waals surface area contributed by atoms with E-state index in [0.29, 0.717) is 29.5 Å². The Bertz CT molecular complexity index is 1020. The van der Waals surface area contributed by atoms with Crippen molar-refractivity contribution in [2.75, 3.05) is 19.0 Å². The standard InChI is InChI=1S/C28H37NO5S/c1-28(2,3)20-15-16-21-22(18-20)35-26(25(21)27(32)33-4)29-23(30)13-8-14-24(31)34-17-9-12-19-10-6-5-7-11-19/h5-7,10-11,20H,8-9,12-18H2,1-4H3,(H,29,30). The van der Waals surface area contributed by atoms with Crippen molar-refractivity contribution in [3.05, 3.63) is 51.9 Å². The third-order valence-corrected chi connectivity index (χ3v) is 7.80. The fraction of sp³-hybridized carbons (Fsp3) is 0.536. The second-order valence-corrected chi connectivity index (χ2v) is 11.3. The van der Waals surface area contributed by atoms with Crippen LogP contribution in [0.5, 0.6) is 0 Å². The smallest absolute Gasteiger partial charge is 0.341 e. The fourth-order valence-electron chi connectivity index (χ4n) is 4.49. The first kappa shape index (κ1) is 26.9. The summed E-state index contributed by atoms with van der Waals surface area (Å²) in [6, 6.07) is 10.1. The van der Waals surface area contributed by atoms with Gasteiger partial charge in [0.2, 0.25) is 5.91 Å². The van der Waals surface area contributed by atoms with Gasteiger partial charge in [-0.1, -0.05) is 51.1 Å². The Labute approximate surface area is 212 Å². The predicted octanol–water partition coefficient (Wildman–Crippen LogP) is 5.97. The molecule has 35 heavy (non-hydrogen) atoms. The number of benzene rings is 1. The summed E-state index contributed by atoms with van der Waals surface area (Å²) in [5.74, 6) is -0.383. The van der Waals surface area contributed by atoms with Crippen LogP contribution in [-0.4, -0.2) is 31.6 Å². The van der Waals surface area contributed by atoms with Crippen molar-refractivity contribution in [1.82, 2.24) is 0 Å². The van der Waals surface area contributed by atoms with E-state index in [1.54, 1.807) is 0 Å². The molecule has 1 N–H and O–H groups in total. The van der Waals surface area contributed by atoms with Gasteiger partial charge in [-0.25, -0.2) is 4.79 Å². The highest BCUT2D eigenvalue weighted by Gasteiger charge is 2.34. The predicted molar refractivity (Wildman–Crippen MR) is 139 cm³/mol. The minimum atomic E-state index is -0.411. The molecule has 0 spiro atoms. The van der Waals surface area contributed by atoms with Gasteiger partial charge in [0.25, 0.3) is 0 Å². The minimum Gasteiger partial charge on any atom is -0.466 e. The molecule has 1 amide bonds. The van der Waals surface area contributed by atoms with E-state index in [4.69, 9.17) is 9.47 Å². The second kappa shape index (κ2) is 12.3. The fourth-order valence-corrected chi connectivity index (χ4v) is 5.82. The Hall–Kier alpha value is -2.67. The number of ether oxygens (including phenoxy) is 2. The third-order valence-electron chi connectivity index (χ3n) is 6.63. The molecule has 6 nitrogen and oxygen atoms in total. The number of hydrogen-bond donors (Lipinski definition) is 1. The van der Waals surface area contributed by atoms with Crippen LogP contribution in [-0.2, 0) is 38.3 Å². The van der Waals surface area contributed by atoms with Gasteiger partial charge in [0.1, 0.15) is 5.00 Å². The van der Waals surface area contributed by atoms with Gasteiger partial charge < -0.3 is 14.8 Å². The molecule has 7 heteroatoms. The Balaban J connectivity index is 1.47. The van der Waals surface area contributed by atoms with Crippen molar-refractivity contribution in [3.63, 3.8) is 0 Å². The number of fused-ring (bicyclic) bond motifs is 1. The molecule has 0 fully saturated rings. The second-order valence-electron chi connectivity index (χ2n) is 10.2. The van der Waals surface area contributed by atoms with E-state index in [2.05, 4.69) is 38.2 Å². The van der Waals surface area contributed by atoms with E-state index < -0.39 is 5.97 Å². The maximum absolute atomic E-state index is 12.6. The number of rotatable bonds is 10. The summed E-state index contributed by atoms with van der Waals surface area (Å²) in [5, 5.41) is 3.47. The summed E-state index contributed by atoms with van der Waals surface area (Å²) in [7, 11) is 1.37. The number of carbonyl (C=O) groups is 3. The summed E-state index contributed by atoms with van der Waals surface area (Å²) in [5.41, 5.74) is 2.91. The molecule has 0 aliphatic heterocycles. The molecule has 0 saturated carbocycles. The maximum atomic E-state index is 12.6. The number of nitrogens with one attached hydrogen (secondary N) is 1. The molecular formula is C28H37NO5S. The van der Waals surface area contributed by atoms with Gasteiger partial charge in [0.15, 0.2) is 0 Å². The number of thiophene rings is 1. The average molecular weight is 500 g/mol. The first-order valence-corrected chi connectivity index (χ1v) is 13.2. The summed E-state index contributed by atoms with van der Waals surface area (Å²) < 4.78 is 10.3. The van der Waals surface area contributed by atoms with Crippen LogP contribution >= 0.6 is 11.3 Å². The van der Waals surface area contributed by atoms with Gasteiger partial charge in [-0.15, -0.1) is 11.3 Å². The minimum absolute atomic E-state index is 0.187. The lowest BCUT2D eigenvalue weighted by atomic mass is 9.72. The number of amides is 1. The quantitative estimate of drug-likeness (QED) is 0.322. The molecule has 0 saturated heterocycles. The van der Waals surface area contributed by atoms with Gasteiger partial charge in [-0.05, 0) is 61.0 Å². The van der Waals surface area contributed by atoms with Crippen LogP contribution in [0.1, 0.15) is 79.2 Å². The lowest BCUT2D eigenvalue weighted by molar-refractivity contribution is -0.143. The molecule has 1 aliphatic rings. The van der Waals surface area contributed by atoms with Crippen LogP contribution in [0, 0.1) is 11.3 Å². The number of esters is 2. The van der Waals surface area contributed by atoms with Crippen LogP contribution in [0.3, 0.4) is 0 Å². The molecule has 3 rings (SSSR count). The van der Waals surface area contributed by atoms with E-state index >= 15 is 0 Å². The molecule has 1 aliphatic carbocycles. The molecule has 1 aromatic heterocycles. The van der Waals surface area contributed by atoms with Crippen molar-refractivity contribution in [2.45, 2.75) is 72.1 Å². The zero-order valence-corrected chi connectivity index (χ0v) is 22.1. The van der Waals surface area contributed by atoms with Crippen molar-refractivity contribution in [3.8, 4) is 0 Å². The van der Waals surface area contributed by atoms with Crippen LogP contribution in [0.25, 0.3) is 0 Å². The summed E-state index contributed by atoms with van der Waals surface area (Å²) >= 11 is 1.48. The average Bonchev–Trinajstić information content (AvgIpc) is 3.18. The van der Waals surface area contributed by atoms with E-state index in [9.17, 15) is 14.4 Å². The molecule has 1 heterocycles. The van der Waals surface area contributed by atoms with E-state index in [1.807, 2.05) is 18.2 Å². The molecule has 0 radical (unpaired) electrons. The summed E-state index contributed by atoms with van der Waals surface area (Å²) in [6.07, 6.45) is 5.13. The molecule has 2 aromatic rings. The zero-order valence-electron chi connectivity index (χ0n) is 21.3. The van der Waals surface area contributed by atoms with Crippen LogP contribution in [0.4, 0.5) is 5.00 Å². The molecule has 1 aromatic carbocycles. The molecule has 1 atom stereocenters. The number of anilines is 1. The van der Waals surface area contributed by atoms with Crippen molar-refractivity contribution >= 4 is 34.2 Å². The highest BCUT2D eigenvalue weighted by Crippen LogP contribution is 2.44. The van der Waals surface area contributed by atoms with Gasteiger partial charge in [-0.3, -0.25) is 9.59 Å². The number of aryl methyl sites for hydroxylation is 1. The SMILES string of the molecule is COC(=O)c1c(NC(=O)CCCC(=O)OCCCc2ccccc2)sc2c1CCC(C(C)(C)C)C2. The Morgan fingerprint density at radius 2 is 1.83 bits per heavy atom. The first-order chi connectivity index (χ1) is 16.7. The molecule has 0 bridgehead atoms. The highest BCUT2D eigenvalue weighted by molar-refractivity contribution is 7.17. The molecular weight excluding hydrogens is 462 g/mol. The molecule has 190 valence electrons. The van der Waals surface area contributed by atoms with Gasteiger partial charge in [0, 0.05) is 17.7 Å². The zero-order chi connectivity index (χ0) is 25.4. The largest absolute Gasteiger partial charge is 0.466 e. The number of carbonyl (C=O) groups excluding carboxylic acids is 3. The normalized spacial score (nSPS) is 15.3. The van der Waals surface area contributed by atoms with Crippen molar-refractivity contribution < 1.29 is 23.9 Å². The first-order valence-electron chi connectivity index (χ1n) is 12.4. The summed E-state index contributed by atoms with van der Waals surface area (Å²) in [4.78, 5) is 38.3. The summed E-state index contributed by atoms with van der Waals surface area (Å²) in [6.45, 7) is 7.11. The van der Waals surface area contributed by atoms with Crippen LogP contribution in [0.15, 0.2) is 30.3 Å². The van der Waals surface area contributed by atoms with E-state index in [1.165, 1.54) is 24.0 Å². The Morgan fingerprint density at radius 1 is 1.09 bits per heavy atom. The van der Waals surface area contributed by atoms with Crippen LogP contribution in [0.2, 0.25) is 0 Å². The lowest BCUT2D eigenvalue weighted by Crippen LogP contribution is -2.26. The van der Waals surface area contributed by atoms with Crippen molar-refractivity contribution in [2.24, 2.45) is 11.3 Å². The van der Waals surface area contributed by atoms with E-state index in [0.717, 1.165) is 42.5 Å². The van der Waals surface area contributed by atoms with Gasteiger partial charge in [0.05, 0.1) is 19.3 Å². The monoisotopic (exact) mass is 499 g/mol. The topological polar surface area (TPSA) is 81.7 Å². The maximum Gasteiger partial charge on any atom is 0.341 e. The van der Waals surface area contributed by atoms with Gasteiger partial charge in [-0.2, -0.15) is 0 Å². The third kappa shape index (κ3) is 7.66.